The summed E-state index contributed by atoms with van der Waals surface area (Å²) in [5, 5.41) is 2.79. The van der Waals surface area contributed by atoms with Crippen molar-refractivity contribution < 1.29 is 17.6 Å². The van der Waals surface area contributed by atoms with E-state index in [1.54, 1.807) is 37.3 Å². The van der Waals surface area contributed by atoms with E-state index in [0.29, 0.717) is 18.5 Å². The predicted octanol–water partition coefficient (Wildman–Crippen LogP) is 2.12. The highest BCUT2D eigenvalue weighted by Gasteiger charge is 2.39. The molecule has 0 unspecified atom stereocenters. The summed E-state index contributed by atoms with van der Waals surface area (Å²) in [5.74, 6) is -0.701. The average Bonchev–Trinajstić information content (AvgIpc) is 2.81. The summed E-state index contributed by atoms with van der Waals surface area (Å²) < 4.78 is 36.6. The highest BCUT2D eigenvalue weighted by molar-refractivity contribution is 7.91. The number of benzene rings is 1. The number of rotatable bonds is 4. The van der Waals surface area contributed by atoms with E-state index < -0.39 is 21.3 Å². The number of carbonyl (C=O) groups is 1. The second kappa shape index (κ2) is 6.55. The van der Waals surface area contributed by atoms with Gasteiger partial charge in [-0.3, -0.25) is 4.79 Å². The normalized spacial score (nSPS) is 21.8. The van der Waals surface area contributed by atoms with E-state index in [0.717, 1.165) is 5.56 Å². The second-order valence-corrected chi connectivity index (χ2v) is 8.86. The van der Waals surface area contributed by atoms with Gasteiger partial charge in [0.1, 0.15) is 11.5 Å². The van der Waals surface area contributed by atoms with Gasteiger partial charge in [-0.1, -0.05) is 18.2 Å². The molecule has 2 heterocycles. The zero-order chi connectivity index (χ0) is 18.1. The molecule has 1 aromatic heterocycles. The molecule has 0 spiro atoms. The molecule has 1 aliphatic rings. The SMILES string of the molecule is C[C@]1(NC(=O)c2cccc(Cc3cccc(F)c3)n2)CCS(=O)(=O)C1. The van der Waals surface area contributed by atoms with Gasteiger partial charge in [0, 0.05) is 12.1 Å². The maximum atomic E-state index is 13.3. The molecule has 1 aromatic carbocycles. The molecule has 2 aromatic rings. The summed E-state index contributed by atoms with van der Waals surface area (Å²) in [7, 11) is -3.11. The lowest BCUT2D eigenvalue weighted by molar-refractivity contribution is 0.0910. The molecule has 1 N–H and O–H groups in total. The van der Waals surface area contributed by atoms with Crippen LogP contribution in [0.1, 0.15) is 35.1 Å². The van der Waals surface area contributed by atoms with Gasteiger partial charge in [-0.05, 0) is 43.2 Å². The largest absolute Gasteiger partial charge is 0.344 e. The first-order valence-electron chi connectivity index (χ1n) is 7.98. The van der Waals surface area contributed by atoms with E-state index in [9.17, 15) is 17.6 Å². The van der Waals surface area contributed by atoms with Gasteiger partial charge >= 0.3 is 0 Å². The topological polar surface area (TPSA) is 76.1 Å². The molecule has 1 aliphatic heterocycles. The molecule has 5 nitrogen and oxygen atoms in total. The number of nitrogens with zero attached hydrogens (tertiary/aromatic N) is 1. The molecule has 1 amide bonds. The van der Waals surface area contributed by atoms with Crippen molar-refractivity contribution in [3.63, 3.8) is 0 Å². The number of pyridine rings is 1. The molecule has 0 radical (unpaired) electrons. The van der Waals surface area contributed by atoms with Crippen LogP contribution < -0.4 is 5.32 Å². The fourth-order valence-electron chi connectivity index (χ4n) is 3.01. The Bertz CT molecular complexity index is 914. The molecular formula is C18H19FN2O3S. The fraction of sp³-hybridized carbons (Fsp3) is 0.333. The Morgan fingerprint density at radius 1 is 1.28 bits per heavy atom. The summed E-state index contributed by atoms with van der Waals surface area (Å²) in [6.45, 7) is 1.73. The van der Waals surface area contributed by atoms with Crippen molar-refractivity contribution in [2.24, 2.45) is 0 Å². The minimum Gasteiger partial charge on any atom is -0.344 e. The maximum absolute atomic E-state index is 13.3. The van der Waals surface area contributed by atoms with Gasteiger partial charge in [0.05, 0.1) is 17.0 Å². The minimum atomic E-state index is -3.11. The molecule has 3 rings (SSSR count). The number of aromatic nitrogens is 1. The molecular weight excluding hydrogens is 343 g/mol. The lowest BCUT2D eigenvalue weighted by Crippen LogP contribution is -2.47. The third-order valence-corrected chi connectivity index (χ3v) is 6.14. The average molecular weight is 362 g/mol. The van der Waals surface area contributed by atoms with Crippen LogP contribution in [0.15, 0.2) is 42.5 Å². The minimum absolute atomic E-state index is 0.0608. The highest BCUT2D eigenvalue weighted by Crippen LogP contribution is 2.23. The molecule has 7 heteroatoms. The van der Waals surface area contributed by atoms with Crippen LogP contribution in [0.3, 0.4) is 0 Å². The Hall–Kier alpha value is -2.28. The molecule has 132 valence electrons. The van der Waals surface area contributed by atoms with E-state index in [-0.39, 0.29) is 23.0 Å². The molecule has 1 atom stereocenters. The van der Waals surface area contributed by atoms with Gasteiger partial charge in [-0.2, -0.15) is 0 Å². The van der Waals surface area contributed by atoms with Crippen LogP contribution in [0.4, 0.5) is 4.39 Å². The zero-order valence-corrected chi connectivity index (χ0v) is 14.6. The Morgan fingerprint density at radius 3 is 2.72 bits per heavy atom. The second-order valence-electron chi connectivity index (χ2n) is 6.68. The Balaban J connectivity index is 1.74. The quantitative estimate of drug-likeness (QED) is 0.904. The van der Waals surface area contributed by atoms with E-state index in [1.165, 1.54) is 12.1 Å². The van der Waals surface area contributed by atoms with Gasteiger partial charge in [-0.15, -0.1) is 0 Å². The van der Waals surface area contributed by atoms with Crippen LogP contribution in [0, 0.1) is 5.82 Å². The summed E-state index contributed by atoms with van der Waals surface area (Å²) in [5.41, 5.74) is 0.858. The Morgan fingerprint density at radius 2 is 2.04 bits per heavy atom. The summed E-state index contributed by atoms with van der Waals surface area (Å²) in [4.78, 5) is 16.8. The van der Waals surface area contributed by atoms with Gasteiger partial charge in [-0.25, -0.2) is 17.8 Å². The van der Waals surface area contributed by atoms with Crippen LogP contribution >= 0.6 is 0 Å². The van der Waals surface area contributed by atoms with Gasteiger partial charge < -0.3 is 5.32 Å². The van der Waals surface area contributed by atoms with Crippen LogP contribution in [0.5, 0.6) is 0 Å². The molecule has 1 fully saturated rings. The third kappa shape index (κ3) is 4.42. The van der Waals surface area contributed by atoms with Crippen molar-refractivity contribution in [1.29, 1.82) is 0 Å². The van der Waals surface area contributed by atoms with Crippen molar-refractivity contribution in [3.8, 4) is 0 Å². The first-order valence-corrected chi connectivity index (χ1v) is 9.80. The van der Waals surface area contributed by atoms with E-state index in [4.69, 9.17) is 0 Å². The van der Waals surface area contributed by atoms with Gasteiger partial charge in [0.2, 0.25) is 0 Å². The fourth-order valence-corrected chi connectivity index (χ4v) is 5.10. The Kier molecular flexibility index (Phi) is 4.60. The molecule has 0 aliphatic carbocycles. The smallest absolute Gasteiger partial charge is 0.270 e. The number of halogens is 1. The number of sulfone groups is 1. The summed E-state index contributed by atoms with van der Waals surface area (Å²) in [6, 6.07) is 11.3. The van der Waals surface area contributed by atoms with Gasteiger partial charge in [0.25, 0.3) is 5.91 Å². The standard InChI is InChI=1S/C18H19FN2O3S/c1-18(8-9-25(23,24)12-18)21-17(22)16-7-3-6-15(20-16)11-13-4-2-5-14(19)10-13/h2-7,10H,8-9,11-12H2,1H3,(H,21,22)/t18-/m0/s1. The molecule has 0 bridgehead atoms. The monoisotopic (exact) mass is 362 g/mol. The van der Waals surface area contributed by atoms with E-state index in [2.05, 4.69) is 10.3 Å². The van der Waals surface area contributed by atoms with E-state index >= 15 is 0 Å². The highest BCUT2D eigenvalue weighted by atomic mass is 32.2. The predicted molar refractivity (Wildman–Crippen MR) is 92.6 cm³/mol. The summed E-state index contributed by atoms with van der Waals surface area (Å²) >= 11 is 0. The number of hydrogen-bond acceptors (Lipinski definition) is 4. The van der Waals surface area contributed by atoms with Crippen molar-refractivity contribution in [2.45, 2.75) is 25.3 Å². The zero-order valence-electron chi connectivity index (χ0n) is 13.8. The number of amides is 1. The first kappa shape index (κ1) is 17.5. The Labute approximate surface area is 146 Å². The molecule has 25 heavy (non-hydrogen) atoms. The van der Waals surface area contributed by atoms with Crippen LogP contribution in [-0.4, -0.2) is 36.4 Å². The van der Waals surface area contributed by atoms with E-state index in [1.807, 2.05) is 0 Å². The number of hydrogen-bond donors (Lipinski definition) is 1. The lowest BCUT2D eigenvalue weighted by Gasteiger charge is -2.23. The third-order valence-electron chi connectivity index (χ3n) is 4.23. The van der Waals surface area contributed by atoms with Crippen LogP contribution in [-0.2, 0) is 16.3 Å². The van der Waals surface area contributed by atoms with Crippen LogP contribution in [0.2, 0.25) is 0 Å². The first-order chi connectivity index (χ1) is 11.7. The number of nitrogens with one attached hydrogen (secondary N) is 1. The van der Waals surface area contributed by atoms with Crippen molar-refractivity contribution >= 4 is 15.7 Å². The molecule has 1 saturated heterocycles. The summed E-state index contributed by atoms with van der Waals surface area (Å²) in [6.07, 6.45) is 0.800. The maximum Gasteiger partial charge on any atom is 0.270 e. The van der Waals surface area contributed by atoms with Crippen molar-refractivity contribution in [3.05, 3.63) is 65.2 Å². The molecule has 0 saturated carbocycles. The number of carbonyl (C=O) groups excluding carboxylic acids is 1. The lowest BCUT2D eigenvalue weighted by atomic mass is 10.0. The van der Waals surface area contributed by atoms with Gasteiger partial charge in [0.15, 0.2) is 9.84 Å². The van der Waals surface area contributed by atoms with Crippen molar-refractivity contribution in [2.75, 3.05) is 11.5 Å². The van der Waals surface area contributed by atoms with Crippen LogP contribution in [0.25, 0.3) is 0 Å². The van der Waals surface area contributed by atoms with Crippen molar-refractivity contribution in [1.82, 2.24) is 10.3 Å².